The summed E-state index contributed by atoms with van der Waals surface area (Å²) in [6.45, 7) is -1.06. The molecule has 0 unspecified atom stereocenters. The van der Waals surface area contributed by atoms with E-state index in [9.17, 15) is 22.0 Å². The summed E-state index contributed by atoms with van der Waals surface area (Å²) < 4.78 is 59.5. The molecule has 0 saturated heterocycles. The van der Waals surface area contributed by atoms with Crippen LogP contribution in [0.15, 0.2) is 27.7 Å². The molecule has 140 valence electrons. The lowest BCUT2D eigenvalue weighted by Gasteiger charge is -2.15. The Balaban J connectivity index is 2.13. The number of halogens is 3. The molecule has 0 spiro atoms. The fourth-order valence-electron chi connectivity index (χ4n) is 2.57. The minimum absolute atomic E-state index is 0.0694. The first-order valence-electron chi connectivity index (χ1n) is 7.63. The summed E-state index contributed by atoms with van der Waals surface area (Å²) in [4.78, 5) is 12.4. The molecule has 3 rings (SSSR count). The lowest BCUT2D eigenvalue weighted by Crippen LogP contribution is -2.15. The largest absolute Gasteiger partial charge is 0.485 e. The van der Waals surface area contributed by atoms with Crippen molar-refractivity contribution in [3.8, 4) is 5.75 Å². The van der Waals surface area contributed by atoms with Gasteiger partial charge in [-0.15, -0.1) is 0 Å². The minimum atomic E-state index is -4.01. The summed E-state index contributed by atoms with van der Waals surface area (Å²) in [7, 11) is -4.01. The molecular formula is C16H14ClF2NO5S. The van der Waals surface area contributed by atoms with E-state index in [1.807, 2.05) is 0 Å². The Kier molecular flexibility index (Phi) is 5.03. The minimum Gasteiger partial charge on any atom is -0.485 e. The number of ketones is 1. The second-order valence-corrected chi connectivity index (χ2v) is 8.29. The molecule has 0 aliphatic heterocycles. The van der Waals surface area contributed by atoms with Gasteiger partial charge in [0.15, 0.2) is 27.1 Å². The molecule has 1 aromatic heterocycles. The second kappa shape index (κ2) is 6.96. The number of sulfone groups is 1. The molecule has 0 bridgehead atoms. The highest BCUT2D eigenvalue weighted by Crippen LogP contribution is 2.43. The first-order chi connectivity index (χ1) is 12.2. The molecule has 1 aromatic carbocycles. The van der Waals surface area contributed by atoms with Crippen molar-refractivity contribution >= 4 is 27.2 Å². The number of aromatic nitrogens is 1. The number of benzene rings is 1. The molecule has 6 nitrogen and oxygen atoms in total. The number of ether oxygens (including phenoxy) is 1. The normalized spacial score (nSPS) is 14.7. The van der Waals surface area contributed by atoms with E-state index in [0.29, 0.717) is 5.76 Å². The first kappa shape index (κ1) is 18.8. The molecule has 1 fully saturated rings. The Morgan fingerprint density at radius 1 is 1.38 bits per heavy atom. The van der Waals surface area contributed by atoms with Gasteiger partial charge in [-0.05, 0) is 25.0 Å². The van der Waals surface area contributed by atoms with Crippen molar-refractivity contribution in [2.75, 3.05) is 12.9 Å². The van der Waals surface area contributed by atoms with Crippen LogP contribution in [0.25, 0.3) is 0 Å². The van der Waals surface area contributed by atoms with E-state index in [2.05, 4.69) is 5.16 Å². The van der Waals surface area contributed by atoms with Gasteiger partial charge in [-0.25, -0.2) is 17.2 Å². The van der Waals surface area contributed by atoms with Crippen LogP contribution in [0.1, 0.15) is 40.4 Å². The van der Waals surface area contributed by atoms with E-state index in [-0.39, 0.29) is 22.1 Å². The van der Waals surface area contributed by atoms with Crippen LogP contribution in [0.2, 0.25) is 5.02 Å². The van der Waals surface area contributed by atoms with Crippen LogP contribution in [0, 0.1) is 0 Å². The van der Waals surface area contributed by atoms with E-state index in [4.69, 9.17) is 20.9 Å². The summed E-state index contributed by atoms with van der Waals surface area (Å²) in [5.74, 6) is -0.656. The molecular weight excluding hydrogens is 392 g/mol. The fraction of sp³-hybridized carbons (Fsp3) is 0.375. The number of carbonyl (C=O) groups excluding carboxylic acids is 1. The summed E-state index contributed by atoms with van der Waals surface area (Å²) >= 11 is 5.94. The smallest absolute Gasteiger partial charge is 0.272 e. The molecule has 1 heterocycles. The van der Waals surface area contributed by atoms with Crippen LogP contribution < -0.4 is 4.74 Å². The molecule has 0 radical (unpaired) electrons. The summed E-state index contributed by atoms with van der Waals surface area (Å²) in [6.07, 6.45) is 0.920. The van der Waals surface area contributed by atoms with Crippen LogP contribution in [0.5, 0.6) is 5.75 Å². The van der Waals surface area contributed by atoms with Crippen LogP contribution in [-0.4, -0.2) is 38.6 Å². The summed E-state index contributed by atoms with van der Waals surface area (Å²) in [5, 5.41) is 3.43. The Morgan fingerprint density at radius 3 is 2.65 bits per heavy atom. The predicted octanol–water partition coefficient (Wildman–Crippen LogP) is 3.48. The molecule has 2 aromatic rings. The maximum Gasteiger partial charge on any atom is 0.272 e. The van der Waals surface area contributed by atoms with Crippen molar-refractivity contribution in [3.05, 3.63) is 40.2 Å². The van der Waals surface area contributed by atoms with Crippen LogP contribution in [-0.2, 0) is 9.84 Å². The average molecular weight is 406 g/mol. The lowest BCUT2D eigenvalue weighted by atomic mass is 10.0. The zero-order valence-electron chi connectivity index (χ0n) is 13.5. The third-order valence-electron chi connectivity index (χ3n) is 3.82. The van der Waals surface area contributed by atoms with Crippen molar-refractivity contribution in [2.45, 2.75) is 30.1 Å². The van der Waals surface area contributed by atoms with Gasteiger partial charge >= 0.3 is 0 Å². The van der Waals surface area contributed by atoms with E-state index in [0.717, 1.165) is 19.1 Å². The van der Waals surface area contributed by atoms with E-state index in [1.165, 1.54) is 18.3 Å². The number of hydrogen-bond donors (Lipinski definition) is 0. The zero-order valence-corrected chi connectivity index (χ0v) is 15.1. The average Bonchev–Trinajstić information content (AvgIpc) is 3.28. The molecule has 0 atom stereocenters. The van der Waals surface area contributed by atoms with Gasteiger partial charge in [-0.1, -0.05) is 16.8 Å². The predicted molar refractivity (Wildman–Crippen MR) is 88.0 cm³/mol. The second-order valence-electron chi connectivity index (χ2n) is 5.93. The molecule has 10 heteroatoms. The van der Waals surface area contributed by atoms with Gasteiger partial charge in [0.2, 0.25) is 0 Å². The number of carbonyl (C=O) groups is 1. The van der Waals surface area contributed by atoms with Crippen LogP contribution in [0.4, 0.5) is 8.78 Å². The summed E-state index contributed by atoms with van der Waals surface area (Å²) in [6, 6.07) is 2.45. The third kappa shape index (κ3) is 3.73. The highest BCUT2D eigenvalue weighted by molar-refractivity contribution is 7.91. The number of nitrogens with zero attached hydrogens (tertiary/aromatic N) is 1. The van der Waals surface area contributed by atoms with Crippen molar-refractivity contribution < 1.29 is 31.3 Å². The molecule has 1 aliphatic carbocycles. The molecule has 1 aliphatic rings. The third-order valence-corrected chi connectivity index (χ3v) is 5.27. The quantitative estimate of drug-likeness (QED) is 0.655. The molecule has 1 saturated carbocycles. The van der Waals surface area contributed by atoms with Crippen molar-refractivity contribution in [1.29, 1.82) is 0 Å². The monoisotopic (exact) mass is 405 g/mol. The van der Waals surface area contributed by atoms with E-state index < -0.39 is 39.3 Å². The standard InChI is InChI=1S/C16H14ClF2NO5S/c1-26(22,23)16-9(4-5-11(17)15(16)24-7-12(18)19)13(21)10-6-20-25-14(10)8-2-3-8/h4-6,8,12H,2-3,7H2,1H3. The number of rotatable bonds is 7. The van der Waals surface area contributed by atoms with Gasteiger partial charge in [-0.2, -0.15) is 0 Å². The van der Waals surface area contributed by atoms with Gasteiger partial charge in [0.1, 0.15) is 11.5 Å². The Labute approximate surface area is 153 Å². The SMILES string of the molecule is CS(=O)(=O)c1c(C(=O)c2cnoc2C2CC2)ccc(Cl)c1OCC(F)F. The maximum absolute atomic E-state index is 12.9. The van der Waals surface area contributed by atoms with Gasteiger partial charge in [-0.3, -0.25) is 4.79 Å². The number of hydrogen-bond acceptors (Lipinski definition) is 6. The molecule has 26 heavy (non-hydrogen) atoms. The van der Waals surface area contributed by atoms with Gasteiger partial charge < -0.3 is 9.26 Å². The number of alkyl halides is 2. The fourth-order valence-corrected chi connectivity index (χ4v) is 3.90. The van der Waals surface area contributed by atoms with Gasteiger partial charge in [0.25, 0.3) is 6.43 Å². The van der Waals surface area contributed by atoms with Crippen molar-refractivity contribution in [1.82, 2.24) is 5.16 Å². The topological polar surface area (TPSA) is 86.5 Å². The van der Waals surface area contributed by atoms with Crippen LogP contribution >= 0.6 is 11.6 Å². The molecule has 0 amide bonds. The van der Waals surface area contributed by atoms with E-state index >= 15 is 0 Å². The Morgan fingerprint density at radius 2 is 2.08 bits per heavy atom. The Bertz CT molecular complexity index is 954. The van der Waals surface area contributed by atoms with Gasteiger partial charge in [0, 0.05) is 17.7 Å². The highest BCUT2D eigenvalue weighted by Gasteiger charge is 2.35. The Hall–Kier alpha value is -2.00. The maximum atomic E-state index is 12.9. The summed E-state index contributed by atoms with van der Waals surface area (Å²) in [5.41, 5.74) is -0.0919. The molecule has 0 N–H and O–H groups in total. The highest BCUT2D eigenvalue weighted by atomic mass is 35.5. The lowest BCUT2D eigenvalue weighted by molar-refractivity contribution is 0.0803. The van der Waals surface area contributed by atoms with Crippen molar-refractivity contribution in [3.63, 3.8) is 0 Å². The first-order valence-corrected chi connectivity index (χ1v) is 9.90. The van der Waals surface area contributed by atoms with Gasteiger partial charge in [0.05, 0.1) is 16.8 Å². The van der Waals surface area contributed by atoms with E-state index in [1.54, 1.807) is 0 Å². The zero-order chi connectivity index (χ0) is 19.1. The van der Waals surface area contributed by atoms with Crippen LogP contribution in [0.3, 0.4) is 0 Å². The van der Waals surface area contributed by atoms with Crippen molar-refractivity contribution in [2.24, 2.45) is 0 Å².